The maximum absolute atomic E-state index is 13.5. The van der Waals surface area contributed by atoms with Gasteiger partial charge in [-0.3, -0.25) is 14.3 Å². The first-order chi connectivity index (χ1) is 14.2. The fourth-order valence-corrected chi connectivity index (χ4v) is 4.35. The molecule has 1 unspecified atom stereocenters. The summed E-state index contributed by atoms with van der Waals surface area (Å²) >= 11 is 1.87. The van der Waals surface area contributed by atoms with Crippen molar-refractivity contribution < 1.29 is 14.1 Å². The monoisotopic (exact) mass is 411 g/mol. The minimum atomic E-state index is -0.638. The molecule has 1 aromatic heterocycles. The maximum atomic E-state index is 13.5. The van der Waals surface area contributed by atoms with Crippen molar-refractivity contribution in [3.63, 3.8) is 0 Å². The van der Waals surface area contributed by atoms with E-state index in [2.05, 4.69) is 26.8 Å². The van der Waals surface area contributed by atoms with Crippen molar-refractivity contribution >= 4 is 17.7 Å². The molecule has 0 saturated carbocycles. The Bertz CT molecular complexity index is 1020. The predicted octanol–water partition coefficient (Wildman–Crippen LogP) is 3.26. The van der Waals surface area contributed by atoms with E-state index in [1.54, 1.807) is 12.1 Å². The van der Waals surface area contributed by atoms with Gasteiger partial charge in [-0.25, -0.2) is 4.79 Å². The number of rotatable bonds is 5. The lowest BCUT2D eigenvalue weighted by atomic mass is 10.0. The zero-order valence-corrected chi connectivity index (χ0v) is 16.6. The Morgan fingerprint density at radius 2 is 1.97 bits per heavy atom. The Labute approximate surface area is 172 Å². The van der Waals surface area contributed by atoms with Gasteiger partial charge in [0.15, 0.2) is 5.82 Å². The topological polar surface area (TPSA) is 88.4 Å². The number of carbonyl (C=O) groups excluding carboxylic acids is 1. The highest BCUT2D eigenvalue weighted by atomic mass is 32.2. The molecule has 2 aromatic carbocycles. The lowest BCUT2D eigenvalue weighted by Gasteiger charge is -2.30. The number of thioether (sulfide) groups is 1. The van der Waals surface area contributed by atoms with Crippen molar-refractivity contribution in [1.82, 2.24) is 15.0 Å². The lowest BCUT2D eigenvalue weighted by molar-refractivity contribution is 0.0684. The zero-order valence-electron chi connectivity index (χ0n) is 15.7. The number of carbonyl (C=O) groups is 1. The van der Waals surface area contributed by atoms with Gasteiger partial charge in [0.05, 0.1) is 11.6 Å². The molecule has 1 saturated heterocycles. The first-order valence-electron chi connectivity index (χ1n) is 9.43. The number of hydrogen-bond donors (Lipinski definition) is 1. The Morgan fingerprint density at radius 1 is 1.17 bits per heavy atom. The van der Waals surface area contributed by atoms with E-state index in [1.807, 2.05) is 47.0 Å². The van der Waals surface area contributed by atoms with Gasteiger partial charge in [0.25, 0.3) is 5.91 Å². The molecule has 2 heterocycles. The molecule has 1 aliphatic rings. The van der Waals surface area contributed by atoms with Crippen LogP contribution in [0, 0.1) is 0 Å². The summed E-state index contributed by atoms with van der Waals surface area (Å²) in [5.41, 5.74) is 1.63. The molecular formula is C21H21N3O4S. The fraction of sp³-hybridized carbons (Fsp3) is 0.286. The Balaban J connectivity index is 1.59. The third-order valence-corrected chi connectivity index (χ3v) is 5.80. The molecule has 1 fully saturated rings. The normalized spacial score (nSPS) is 17.0. The standard InChI is InChI=1S/C21H21N3O4S/c25-20(24-11-13-29-12-10-17(24)15-6-2-1-3-7-15)16-8-4-5-9-18(16)27-14-19-22-21(26)28-23-19/h1-9,17H,10-14H2,(H,22,23,26). The number of aromatic nitrogens is 2. The van der Waals surface area contributed by atoms with Crippen LogP contribution < -0.4 is 10.5 Å². The van der Waals surface area contributed by atoms with Crippen LogP contribution in [0.1, 0.15) is 34.2 Å². The van der Waals surface area contributed by atoms with Crippen molar-refractivity contribution in [3.05, 3.63) is 82.1 Å². The zero-order chi connectivity index (χ0) is 20.1. The number of H-pyrrole nitrogens is 1. The molecule has 4 rings (SSSR count). The van der Waals surface area contributed by atoms with Crippen molar-refractivity contribution in [2.24, 2.45) is 0 Å². The van der Waals surface area contributed by atoms with E-state index in [9.17, 15) is 9.59 Å². The Kier molecular flexibility index (Phi) is 6.00. The van der Waals surface area contributed by atoms with Gasteiger partial charge in [-0.15, -0.1) is 0 Å². The molecular weight excluding hydrogens is 390 g/mol. The first kappa shape index (κ1) is 19.3. The minimum absolute atomic E-state index is 0.00794. The molecule has 1 atom stereocenters. The summed E-state index contributed by atoms with van der Waals surface area (Å²) in [6, 6.07) is 17.3. The summed E-state index contributed by atoms with van der Waals surface area (Å²) in [7, 11) is 0. The number of ether oxygens (including phenoxy) is 1. The molecule has 0 radical (unpaired) electrons. The Hall–Kier alpha value is -3.00. The molecule has 0 spiro atoms. The average molecular weight is 411 g/mol. The number of nitrogens with zero attached hydrogens (tertiary/aromatic N) is 2. The molecule has 3 aromatic rings. The van der Waals surface area contributed by atoms with Gasteiger partial charge in [0.1, 0.15) is 12.4 Å². The highest BCUT2D eigenvalue weighted by Gasteiger charge is 2.29. The number of benzene rings is 2. The average Bonchev–Trinajstić information content (AvgIpc) is 3.02. The lowest BCUT2D eigenvalue weighted by Crippen LogP contribution is -2.36. The summed E-state index contributed by atoms with van der Waals surface area (Å²) in [4.78, 5) is 29.0. The number of aromatic amines is 1. The summed E-state index contributed by atoms with van der Waals surface area (Å²) in [5, 5.41) is 3.59. The smallest absolute Gasteiger partial charge is 0.439 e. The van der Waals surface area contributed by atoms with Crippen molar-refractivity contribution in [1.29, 1.82) is 0 Å². The highest BCUT2D eigenvalue weighted by Crippen LogP contribution is 2.32. The molecule has 0 aliphatic carbocycles. The Morgan fingerprint density at radius 3 is 2.76 bits per heavy atom. The first-order valence-corrected chi connectivity index (χ1v) is 10.6. The quantitative estimate of drug-likeness (QED) is 0.693. The van der Waals surface area contributed by atoms with Crippen LogP contribution in [0.4, 0.5) is 0 Å². The molecule has 29 heavy (non-hydrogen) atoms. The van der Waals surface area contributed by atoms with Crippen molar-refractivity contribution in [3.8, 4) is 5.75 Å². The van der Waals surface area contributed by atoms with E-state index in [0.717, 1.165) is 23.5 Å². The van der Waals surface area contributed by atoms with E-state index in [1.165, 1.54) is 0 Å². The van der Waals surface area contributed by atoms with Crippen LogP contribution in [0.25, 0.3) is 0 Å². The fourth-order valence-electron chi connectivity index (χ4n) is 3.43. The second kappa shape index (κ2) is 9.00. The third-order valence-electron chi connectivity index (χ3n) is 4.80. The van der Waals surface area contributed by atoms with Gasteiger partial charge in [-0.2, -0.15) is 11.8 Å². The van der Waals surface area contributed by atoms with Crippen LogP contribution in [-0.4, -0.2) is 39.0 Å². The van der Waals surface area contributed by atoms with Gasteiger partial charge in [-0.05, 0) is 29.9 Å². The highest BCUT2D eigenvalue weighted by molar-refractivity contribution is 7.99. The molecule has 1 aliphatic heterocycles. The second-order valence-corrected chi connectivity index (χ2v) is 7.88. The largest absolute Gasteiger partial charge is 0.485 e. The van der Waals surface area contributed by atoms with Gasteiger partial charge >= 0.3 is 5.76 Å². The summed E-state index contributed by atoms with van der Waals surface area (Å²) in [6.45, 7) is 0.683. The minimum Gasteiger partial charge on any atom is -0.485 e. The second-order valence-electron chi connectivity index (χ2n) is 6.65. The molecule has 0 bridgehead atoms. The number of para-hydroxylation sites is 1. The molecule has 1 N–H and O–H groups in total. The molecule has 8 heteroatoms. The van der Waals surface area contributed by atoms with E-state index in [-0.39, 0.29) is 24.4 Å². The van der Waals surface area contributed by atoms with Crippen LogP contribution in [-0.2, 0) is 6.61 Å². The van der Waals surface area contributed by atoms with Crippen LogP contribution in [0.3, 0.4) is 0 Å². The van der Waals surface area contributed by atoms with Gasteiger partial charge in [0.2, 0.25) is 0 Å². The van der Waals surface area contributed by atoms with Crippen molar-refractivity contribution in [2.45, 2.75) is 19.1 Å². The number of hydrogen-bond acceptors (Lipinski definition) is 6. The van der Waals surface area contributed by atoms with E-state index in [0.29, 0.717) is 17.9 Å². The van der Waals surface area contributed by atoms with Crippen LogP contribution in [0.2, 0.25) is 0 Å². The third kappa shape index (κ3) is 4.54. The summed E-state index contributed by atoms with van der Waals surface area (Å²) < 4.78 is 10.3. The van der Waals surface area contributed by atoms with Gasteiger partial charge in [0, 0.05) is 12.3 Å². The molecule has 1 amide bonds. The summed E-state index contributed by atoms with van der Waals surface area (Å²) in [5.74, 6) is 1.93. The van der Waals surface area contributed by atoms with Gasteiger partial charge < -0.3 is 9.64 Å². The van der Waals surface area contributed by atoms with Gasteiger partial charge in [-0.1, -0.05) is 47.6 Å². The van der Waals surface area contributed by atoms with Crippen LogP contribution in [0.15, 0.2) is 63.9 Å². The number of nitrogens with one attached hydrogen (secondary N) is 1. The molecule has 150 valence electrons. The van der Waals surface area contributed by atoms with E-state index >= 15 is 0 Å². The summed E-state index contributed by atoms with van der Waals surface area (Å²) in [6.07, 6.45) is 0.906. The van der Waals surface area contributed by atoms with Crippen LogP contribution >= 0.6 is 11.8 Å². The maximum Gasteiger partial charge on any atom is 0.439 e. The number of amides is 1. The predicted molar refractivity (Wildman–Crippen MR) is 110 cm³/mol. The van der Waals surface area contributed by atoms with Crippen molar-refractivity contribution in [2.75, 3.05) is 18.1 Å². The van der Waals surface area contributed by atoms with Crippen LogP contribution in [0.5, 0.6) is 5.75 Å². The van der Waals surface area contributed by atoms with E-state index in [4.69, 9.17) is 4.74 Å². The molecule has 7 nitrogen and oxygen atoms in total. The van der Waals surface area contributed by atoms with E-state index < -0.39 is 5.76 Å². The SMILES string of the molecule is O=C(c1ccccc1OCc1noc(=O)[nH]1)N1CCSCCC1c1ccccc1.